The van der Waals surface area contributed by atoms with E-state index >= 15 is 0 Å². The Bertz CT molecular complexity index is 1070. The number of nitrogens with one attached hydrogen (secondary N) is 1. The number of nitrogens with zero attached hydrogens (tertiary/aromatic N) is 1. The topological polar surface area (TPSA) is 95.9 Å². The van der Waals surface area contributed by atoms with Gasteiger partial charge in [0.15, 0.2) is 0 Å². The van der Waals surface area contributed by atoms with Crippen LogP contribution < -0.4 is 5.32 Å². The van der Waals surface area contributed by atoms with Gasteiger partial charge in [-0.15, -0.1) is 0 Å². The molecule has 7 nitrogen and oxygen atoms in total. The number of aliphatic carboxylic acids is 1. The van der Waals surface area contributed by atoms with Crippen molar-refractivity contribution < 1.29 is 24.2 Å². The molecule has 35 heavy (non-hydrogen) atoms. The molecule has 1 saturated heterocycles. The fourth-order valence-corrected chi connectivity index (χ4v) is 6.14. The third-order valence-corrected chi connectivity index (χ3v) is 7.90. The molecule has 1 aliphatic heterocycles. The smallest absolute Gasteiger partial charge is 0.407 e. The molecule has 0 spiro atoms. The number of alkyl carbamates (subject to hydrolysis) is 1. The highest BCUT2D eigenvalue weighted by atomic mass is 16.5. The molecular formula is C28H32N2O5. The molecule has 3 atom stereocenters. The summed E-state index contributed by atoms with van der Waals surface area (Å²) in [6.07, 6.45) is 4.18. The molecule has 2 fully saturated rings. The zero-order valence-electron chi connectivity index (χ0n) is 19.8. The van der Waals surface area contributed by atoms with Crippen LogP contribution in [0.4, 0.5) is 4.79 Å². The third kappa shape index (κ3) is 4.64. The van der Waals surface area contributed by atoms with Crippen molar-refractivity contribution in [3.63, 3.8) is 0 Å². The molecule has 184 valence electrons. The molecule has 2 amide bonds. The maximum Gasteiger partial charge on any atom is 0.407 e. The second-order valence-electron chi connectivity index (χ2n) is 9.89. The van der Waals surface area contributed by atoms with E-state index in [-0.39, 0.29) is 30.3 Å². The van der Waals surface area contributed by atoms with Gasteiger partial charge in [0.2, 0.25) is 5.91 Å². The number of carboxylic acids is 1. The van der Waals surface area contributed by atoms with Gasteiger partial charge in [-0.1, -0.05) is 55.0 Å². The van der Waals surface area contributed by atoms with Crippen molar-refractivity contribution in [1.29, 1.82) is 0 Å². The number of ether oxygens (including phenoxy) is 1. The normalized spacial score (nSPS) is 23.4. The average Bonchev–Trinajstić information content (AvgIpc) is 3.48. The largest absolute Gasteiger partial charge is 0.480 e. The number of piperidine rings is 1. The number of benzene rings is 2. The molecule has 0 radical (unpaired) electrons. The highest BCUT2D eigenvalue weighted by molar-refractivity contribution is 5.86. The monoisotopic (exact) mass is 476 g/mol. The zero-order valence-corrected chi connectivity index (χ0v) is 19.8. The van der Waals surface area contributed by atoms with E-state index in [1.54, 1.807) is 4.90 Å². The summed E-state index contributed by atoms with van der Waals surface area (Å²) < 4.78 is 5.64. The van der Waals surface area contributed by atoms with Crippen molar-refractivity contribution in [2.24, 2.45) is 11.8 Å². The molecule has 0 bridgehead atoms. The van der Waals surface area contributed by atoms with Crippen LogP contribution in [0.3, 0.4) is 0 Å². The molecule has 0 aromatic heterocycles. The first-order valence-electron chi connectivity index (χ1n) is 12.7. The van der Waals surface area contributed by atoms with Gasteiger partial charge in [-0.25, -0.2) is 9.59 Å². The Hall–Kier alpha value is -3.35. The molecule has 3 aliphatic rings. The lowest BCUT2D eigenvalue weighted by Crippen LogP contribution is -2.51. The first kappa shape index (κ1) is 23.4. The van der Waals surface area contributed by atoms with Gasteiger partial charge in [0.25, 0.3) is 0 Å². The number of amides is 2. The van der Waals surface area contributed by atoms with E-state index in [4.69, 9.17) is 4.74 Å². The first-order valence-corrected chi connectivity index (χ1v) is 12.7. The van der Waals surface area contributed by atoms with Crippen LogP contribution in [-0.4, -0.2) is 53.7 Å². The summed E-state index contributed by atoms with van der Waals surface area (Å²) in [6, 6.07) is 15.7. The zero-order chi connectivity index (χ0) is 24.4. The fraction of sp³-hybridized carbons (Fsp3) is 0.464. The van der Waals surface area contributed by atoms with Gasteiger partial charge in [-0.05, 0) is 60.3 Å². The van der Waals surface area contributed by atoms with Crippen molar-refractivity contribution >= 4 is 18.0 Å². The van der Waals surface area contributed by atoms with Crippen LogP contribution in [0.1, 0.15) is 55.6 Å². The number of carbonyl (C=O) groups is 3. The average molecular weight is 477 g/mol. The summed E-state index contributed by atoms with van der Waals surface area (Å²) in [5.74, 6) is -1.25. The van der Waals surface area contributed by atoms with Crippen LogP contribution in [0, 0.1) is 11.8 Å². The first-order chi connectivity index (χ1) is 17.0. The van der Waals surface area contributed by atoms with Gasteiger partial charge in [0, 0.05) is 24.9 Å². The molecule has 0 unspecified atom stereocenters. The van der Waals surface area contributed by atoms with Gasteiger partial charge >= 0.3 is 12.1 Å². The SMILES string of the molecule is O=C(NC[C@@H]1CCC[C@@H]1C(=O)N1CCCC[C@H]1C(=O)O)OCC1c2ccccc2-c2ccccc21. The van der Waals surface area contributed by atoms with Crippen molar-refractivity contribution in [1.82, 2.24) is 10.2 Å². The number of carboxylic acid groups (broad SMARTS) is 1. The summed E-state index contributed by atoms with van der Waals surface area (Å²) >= 11 is 0. The molecule has 1 heterocycles. The molecule has 7 heteroatoms. The van der Waals surface area contributed by atoms with Gasteiger partial charge in [0.1, 0.15) is 12.6 Å². The number of carbonyl (C=O) groups excluding carboxylic acids is 2. The van der Waals surface area contributed by atoms with Crippen LogP contribution >= 0.6 is 0 Å². The Morgan fingerprint density at radius 2 is 1.60 bits per heavy atom. The molecule has 2 aromatic rings. The van der Waals surface area contributed by atoms with E-state index in [1.165, 1.54) is 11.1 Å². The van der Waals surface area contributed by atoms with Crippen LogP contribution in [0.2, 0.25) is 0 Å². The van der Waals surface area contributed by atoms with Crippen LogP contribution in [0.5, 0.6) is 0 Å². The van der Waals surface area contributed by atoms with Crippen molar-refractivity contribution in [3.05, 3.63) is 59.7 Å². The Labute approximate surface area is 205 Å². The summed E-state index contributed by atoms with van der Waals surface area (Å²) in [5, 5.41) is 12.4. The number of likely N-dealkylation sites (tertiary alicyclic amines) is 1. The van der Waals surface area contributed by atoms with E-state index in [0.29, 0.717) is 19.5 Å². The molecular weight excluding hydrogens is 444 g/mol. The highest BCUT2D eigenvalue weighted by Crippen LogP contribution is 2.44. The van der Waals surface area contributed by atoms with Crippen molar-refractivity contribution in [3.8, 4) is 11.1 Å². The van der Waals surface area contributed by atoms with Crippen molar-refractivity contribution in [2.75, 3.05) is 19.7 Å². The van der Waals surface area contributed by atoms with E-state index in [9.17, 15) is 19.5 Å². The lowest BCUT2D eigenvalue weighted by Gasteiger charge is -2.36. The minimum Gasteiger partial charge on any atom is -0.480 e. The summed E-state index contributed by atoms with van der Waals surface area (Å²) in [7, 11) is 0. The number of fused-ring (bicyclic) bond motifs is 3. The lowest BCUT2D eigenvalue weighted by molar-refractivity contribution is -0.154. The summed E-state index contributed by atoms with van der Waals surface area (Å²) in [4.78, 5) is 39.0. The Morgan fingerprint density at radius 1 is 0.914 bits per heavy atom. The van der Waals surface area contributed by atoms with Gasteiger partial charge in [-0.3, -0.25) is 4.79 Å². The molecule has 1 saturated carbocycles. The van der Waals surface area contributed by atoms with Gasteiger partial charge in [-0.2, -0.15) is 0 Å². The Kier molecular flexibility index (Phi) is 6.75. The fourth-order valence-electron chi connectivity index (χ4n) is 6.14. The van der Waals surface area contributed by atoms with E-state index in [0.717, 1.165) is 43.2 Å². The minimum atomic E-state index is -0.927. The lowest BCUT2D eigenvalue weighted by atomic mass is 9.92. The number of hydrogen-bond acceptors (Lipinski definition) is 4. The van der Waals surface area contributed by atoms with Crippen LogP contribution in [-0.2, 0) is 14.3 Å². The molecule has 5 rings (SSSR count). The summed E-state index contributed by atoms with van der Waals surface area (Å²) in [6.45, 7) is 1.11. The van der Waals surface area contributed by atoms with E-state index in [1.807, 2.05) is 24.3 Å². The standard InChI is InChI=1S/C28H32N2O5/c31-26(30-15-6-5-14-25(30)27(32)33)19-13-7-8-18(19)16-29-28(34)35-17-24-22-11-3-1-9-20(22)21-10-2-4-12-23(21)24/h1-4,9-12,18-19,24-25H,5-8,13-17H2,(H,29,34)(H,32,33)/t18-,19-,25-/m0/s1. The van der Waals surface area contributed by atoms with E-state index in [2.05, 4.69) is 29.6 Å². The maximum atomic E-state index is 13.2. The van der Waals surface area contributed by atoms with Gasteiger partial charge < -0.3 is 20.1 Å². The second-order valence-corrected chi connectivity index (χ2v) is 9.89. The summed E-state index contributed by atoms with van der Waals surface area (Å²) in [5.41, 5.74) is 4.69. The maximum absolute atomic E-state index is 13.2. The number of hydrogen-bond donors (Lipinski definition) is 2. The molecule has 2 N–H and O–H groups in total. The highest BCUT2D eigenvalue weighted by Gasteiger charge is 2.40. The third-order valence-electron chi connectivity index (χ3n) is 7.90. The van der Waals surface area contributed by atoms with Gasteiger partial charge in [0.05, 0.1) is 0 Å². The Morgan fingerprint density at radius 3 is 2.29 bits per heavy atom. The predicted octanol–water partition coefficient (Wildman–Crippen LogP) is 4.41. The quantitative estimate of drug-likeness (QED) is 0.644. The van der Waals surface area contributed by atoms with Crippen LogP contribution in [0.25, 0.3) is 11.1 Å². The van der Waals surface area contributed by atoms with Crippen LogP contribution in [0.15, 0.2) is 48.5 Å². The van der Waals surface area contributed by atoms with E-state index < -0.39 is 18.1 Å². The van der Waals surface area contributed by atoms with Crippen molar-refractivity contribution in [2.45, 2.75) is 50.5 Å². The minimum absolute atomic E-state index is 0.000598. The molecule has 2 aliphatic carbocycles. The Balaban J connectivity index is 1.17. The second kappa shape index (κ2) is 10.1. The predicted molar refractivity (Wildman–Crippen MR) is 131 cm³/mol. The number of rotatable bonds is 6. The molecule has 2 aromatic carbocycles.